The van der Waals surface area contributed by atoms with Gasteiger partial charge in [-0.3, -0.25) is 10.1 Å². The van der Waals surface area contributed by atoms with E-state index in [2.05, 4.69) is 9.97 Å². The van der Waals surface area contributed by atoms with E-state index in [4.69, 9.17) is 5.73 Å². The van der Waals surface area contributed by atoms with Gasteiger partial charge in [-0.1, -0.05) is 37.7 Å². The number of hydrogen-bond acceptors (Lipinski definition) is 6. The van der Waals surface area contributed by atoms with Crippen LogP contribution in [0, 0.1) is 10.1 Å². The summed E-state index contributed by atoms with van der Waals surface area (Å²) in [5.41, 5.74) is 6.75. The molecule has 2 aromatic rings. The Hall–Kier alpha value is -2.15. The summed E-state index contributed by atoms with van der Waals surface area (Å²) in [7, 11) is 0. The van der Waals surface area contributed by atoms with Crippen LogP contribution in [0.5, 0.6) is 0 Å². The molecule has 2 rings (SSSR count). The number of aromatic nitrogens is 2. The molecule has 6 nitrogen and oxygen atoms in total. The molecule has 0 saturated heterocycles. The molecule has 0 amide bonds. The van der Waals surface area contributed by atoms with Crippen LogP contribution < -0.4 is 5.73 Å². The van der Waals surface area contributed by atoms with Gasteiger partial charge in [0.25, 0.3) is 5.69 Å². The number of nitro groups is 1. The second kappa shape index (κ2) is 5.87. The summed E-state index contributed by atoms with van der Waals surface area (Å²) in [6.45, 7) is 3.97. The highest BCUT2D eigenvalue weighted by Crippen LogP contribution is 2.38. The van der Waals surface area contributed by atoms with E-state index in [-0.39, 0.29) is 11.6 Å². The number of para-hydroxylation sites is 1. The van der Waals surface area contributed by atoms with Crippen molar-refractivity contribution in [2.75, 3.05) is 5.73 Å². The number of hydrogen-bond donors (Lipinski definition) is 1. The van der Waals surface area contributed by atoms with Crippen molar-refractivity contribution in [1.82, 2.24) is 9.97 Å². The van der Waals surface area contributed by atoms with E-state index in [0.717, 1.165) is 5.56 Å². The van der Waals surface area contributed by atoms with Gasteiger partial charge in [0.2, 0.25) is 0 Å². The molecule has 0 aliphatic rings. The van der Waals surface area contributed by atoms with Gasteiger partial charge in [-0.05, 0) is 12.0 Å². The molecule has 1 heterocycles. The minimum atomic E-state index is -0.401. The smallest absolute Gasteiger partial charge is 0.283 e. The van der Waals surface area contributed by atoms with Crippen LogP contribution >= 0.6 is 11.8 Å². The summed E-state index contributed by atoms with van der Waals surface area (Å²) in [5, 5.41) is 11.7. The van der Waals surface area contributed by atoms with E-state index in [1.165, 1.54) is 24.2 Å². The van der Waals surface area contributed by atoms with E-state index in [9.17, 15) is 10.1 Å². The van der Waals surface area contributed by atoms with Crippen LogP contribution in [-0.2, 0) is 0 Å². The lowest BCUT2D eigenvalue weighted by Gasteiger charge is -2.12. The lowest BCUT2D eigenvalue weighted by Crippen LogP contribution is -2.03. The molecular formula is C13H14N4O2S. The maximum atomic E-state index is 11.0. The van der Waals surface area contributed by atoms with Crippen molar-refractivity contribution in [3.05, 3.63) is 46.3 Å². The van der Waals surface area contributed by atoms with Crippen molar-refractivity contribution in [3.63, 3.8) is 0 Å². The van der Waals surface area contributed by atoms with Gasteiger partial charge in [0.1, 0.15) is 17.2 Å². The molecule has 104 valence electrons. The Labute approximate surface area is 120 Å². The number of anilines is 1. The van der Waals surface area contributed by atoms with E-state index in [1.807, 2.05) is 13.8 Å². The molecule has 0 aliphatic heterocycles. The first-order valence-corrected chi connectivity index (χ1v) is 6.84. The van der Waals surface area contributed by atoms with Crippen LogP contribution in [0.1, 0.15) is 25.3 Å². The fourth-order valence-electron chi connectivity index (χ4n) is 1.81. The van der Waals surface area contributed by atoms with E-state index in [1.54, 1.807) is 18.2 Å². The number of nitrogens with two attached hydrogens (primary N) is 1. The third-order valence-electron chi connectivity index (χ3n) is 2.72. The maximum Gasteiger partial charge on any atom is 0.283 e. The molecule has 0 radical (unpaired) electrons. The summed E-state index contributed by atoms with van der Waals surface area (Å²) in [6.07, 6.45) is 1.37. The number of benzene rings is 1. The number of nitrogens with zero attached hydrogens (tertiary/aromatic N) is 3. The molecule has 0 unspecified atom stereocenters. The van der Waals surface area contributed by atoms with Crippen LogP contribution in [0.25, 0.3) is 0 Å². The highest BCUT2D eigenvalue weighted by atomic mass is 32.2. The fourth-order valence-corrected chi connectivity index (χ4v) is 2.97. The summed E-state index contributed by atoms with van der Waals surface area (Å²) in [5.74, 6) is 0.553. The highest BCUT2D eigenvalue weighted by molar-refractivity contribution is 7.99. The largest absolute Gasteiger partial charge is 0.383 e. The van der Waals surface area contributed by atoms with Crippen LogP contribution in [0.4, 0.5) is 11.5 Å². The maximum absolute atomic E-state index is 11.0. The van der Waals surface area contributed by atoms with Crippen LogP contribution in [0.15, 0.2) is 40.5 Å². The first kappa shape index (κ1) is 14.3. The summed E-state index contributed by atoms with van der Waals surface area (Å²) >= 11 is 1.24. The molecule has 0 aliphatic carbocycles. The Balaban J connectivity index is 2.46. The van der Waals surface area contributed by atoms with Crippen molar-refractivity contribution in [2.24, 2.45) is 0 Å². The van der Waals surface area contributed by atoms with E-state index < -0.39 is 4.92 Å². The molecule has 0 fully saturated rings. The predicted octanol–water partition coefficient (Wildman–Crippen LogP) is 3.24. The van der Waals surface area contributed by atoms with E-state index >= 15 is 0 Å². The normalized spacial score (nSPS) is 10.8. The molecule has 1 aromatic heterocycles. The minimum absolute atomic E-state index is 0.0596. The third kappa shape index (κ3) is 2.88. The fraction of sp³-hybridized carbons (Fsp3) is 0.231. The minimum Gasteiger partial charge on any atom is -0.383 e. The average molecular weight is 290 g/mol. The zero-order chi connectivity index (χ0) is 14.7. The molecule has 0 saturated carbocycles. The van der Waals surface area contributed by atoms with Gasteiger partial charge in [-0.2, -0.15) is 0 Å². The van der Waals surface area contributed by atoms with Crippen molar-refractivity contribution >= 4 is 23.3 Å². The molecule has 20 heavy (non-hydrogen) atoms. The van der Waals surface area contributed by atoms with Crippen molar-refractivity contribution in [1.29, 1.82) is 0 Å². The Kier molecular flexibility index (Phi) is 4.19. The Morgan fingerprint density at radius 1 is 1.30 bits per heavy atom. The van der Waals surface area contributed by atoms with Gasteiger partial charge in [-0.15, -0.1) is 0 Å². The molecular weight excluding hydrogens is 276 g/mol. The zero-order valence-electron chi connectivity index (χ0n) is 11.1. The van der Waals surface area contributed by atoms with Gasteiger partial charge in [0.15, 0.2) is 0 Å². The third-order valence-corrected chi connectivity index (χ3v) is 3.81. The lowest BCUT2D eigenvalue weighted by atomic mass is 10.1. The second-order valence-electron chi connectivity index (χ2n) is 4.46. The first-order valence-electron chi connectivity index (χ1n) is 6.02. The van der Waals surface area contributed by atoms with Crippen molar-refractivity contribution < 1.29 is 4.92 Å². The summed E-state index contributed by atoms with van der Waals surface area (Å²) in [6, 6.07) is 6.57. The predicted molar refractivity (Wildman–Crippen MR) is 77.8 cm³/mol. The van der Waals surface area contributed by atoms with Gasteiger partial charge < -0.3 is 5.73 Å². The Morgan fingerprint density at radius 3 is 2.65 bits per heavy atom. The summed E-state index contributed by atoms with van der Waals surface area (Å²) in [4.78, 5) is 19.4. The summed E-state index contributed by atoms with van der Waals surface area (Å²) < 4.78 is 0. The monoisotopic (exact) mass is 290 g/mol. The molecule has 0 atom stereocenters. The molecule has 0 bridgehead atoms. The topological polar surface area (TPSA) is 94.9 Å². The lowest BCUT2D eigenvalue weighted by molar-refractivity contribution is -0.387. The SMILES string of the molecule is CC(C)c1c(N)ncnc1Sc1ccccc1[N+](=O)[O-]. The van der Waals surface area contributed by atoms with Gasteiger partial charge in [-0.25, -0.2) is 9.97 Å². The molecule has 0 spiro atoms. The Bertz CT molecular complexity index is 646. The van der Waals surface area contributed by atoms with E-state index in [0.29, 0.717) is 15.7 Å². The van der Waals surface area contributed by atoms with Crippen LogP contribution in [0.2, 0.25) is 0 Å². The average Bonchev–Trinajstić information content (AvgIpc) is 2.38. The molecule has 1 aromatic carbocycles. The van der Waals surface area contributed by atoms with Gasteiger partial charge in [0, 0.05) is 11.6 Å². The zero-order valence-corrected chi connectivity index (χ0v) is 11.9. The Morgan fingerprint density at radius 2 is 2.00 bits per heavy atom. The quantitative estimate of drug-likeness (QED) is 0.527. The van der Waals surface area contributed by atoms with Gasteiger partial charge >= 0.3 is 0 Å². The molecule has 2 N–H and O–H groups in total. The second-order valence-corrected chi connectivity index (χ2v) is 5.49. The number of rotatable bonds is 4. The van der Waals surface area contributed by atoms with Crippen LogP contribution in [-0.4, -0.2) is 14.9 Å². The highest BCUT2D eigenvalue weighted by Gasteiger charge is 2.19. The van der Waals surface area contributed by atoms with Gasteiger partial charge in [0.05, 0.1) is 9.82 Å². The van der Waals surface area contributed by atoms with Crippen LogP contribution in [0.3, 0.4) is 0 Å². The number of nitrogen functional groups attached to an aromatic ring is 1. The first-order chi connectivity index (χ1) is 9.50. The van der Waals surface area contributed by atoms with Crippen molar-refractivity contribution in [2.45, 2.75) is 29.7 Å². The number of nitro benzene ring substituents is 1. The standard InChI is InChI=1S/C13H14N4O2S/c1-8(2)11-12(14)15-7-16-13(11)20-10-6-4-3-5-9(10)17(18)19/h3-8H,1-2H3,(H2,14,15,16). The van der Waals surface area contributed by atoms with Crippen molar-refractivity contribution in [3.8, 4) is 0 Å². The molecule has 7 heteroatoms.